The first-order valence-electron chi connectivity index (χ1n) is 3.88. The van der Waals surface area contributed by atoms with Crippen molar-refractivity contribution in [3.8, 4) is 0 Å². The van der Waals surface area contributed by atoms with Crippen LogP contribution in [0.3, 0.4) is 0 Å². The van der Waals surface area contributed by atoms with Gasteiger partial charge in [0.2, 0.25) is 0 Å². The second-order valence-electron chi connectivity index (χ2n) is 2.47. The summed E-state index contributed by atoms with van der Waals surface area (Å²) in [6.45, 7) is 1.93. The summed E-state index contributed by atoms with van der Waals surface area (Å²) in [5, 5.41) is 9.16. The zero-order valence-electron chi connectivity index (χ0n) is 7.49. The predicted molar refractivity (Wildman–Crippen MR) is 57.3 cm³/mol. The van der Waals surface area contributed by atoms with Gasteiger partial charge < -0.3 is 5.73 Å². The molecule has 0 spiro atoms. The number of nitrogens with two attached hydrogens (primary N) is 1. The zero-order chi connectivity index (χ0) is 10.3. The van der Waals surface area contributed by atoms with Gasteiger partial charge in [0.1, 0.15) is 0 Å². The van der Waals surface area contributed by atoms with Crippen LogP contribution in [0.2, 0.25) is 0 Å². The third-order valence-corrected chi connectivity index (χ3v) is 3.35. The molecule has 0 aromatic rings. The highest BCUT2D eigenvalue weighted by atomic mass is 32.2. The SMILES string of the molecule is CCCCS(=O)(=O)C=CSC(=N)N. The van der Waals surface area contributed by atoms with Crippen LogP contribution in [0.15, 0.2) is 10.8 Å². The van der Waals surface area contributed by atoms with E-state index >= 15 is 0 Å². The molecule has 0 aromatic carbocycles. The molecule has 0 rings (SSSR count). The van der Waals surface area contributed by atoms with Crippen LogP contribution in [0.1, 0.15) is 19.8 Å². The molecule has 6 heteroatoms. The van der Waals surface area contributed by atoms with Crippen LogP contribution in [0.25, 0.3) is 0 Å². The van der Waals surface area contributed by atoms with E-state index in [0.29, 0.717) is 6.42 Å². The van der Waals surface area contributed by atoms with Crippen LogP contribution >= 0.6 is 11.8 Å². The molecule has 76 valence electrons. The number of hydrogen-bond acceptors (Lipinski definition) is 4. The lowest BCUT2D eigenvalue weighted by Crippen LogP contribution is -2.03. The van der Waals surface area contributed by atoms with Crippen LogP contribution in [-0.2, 0) is 9.84 Å². The fraction of sp³-hybridized carbons (Fsp3) is 0.571. The highest BCUT2D eigenvalue weighted by molar-refractivity contribution is 8.16. The quantitative estimate of drug-likeness (QED) is 0.542. The molecule has 13 heavy (non-hydrogen) atoms. The molecule has 0 aliphatic rings. The Morgan fingerprint density at radius 2 is 2.23 bits per heavy atom. The van der Waals surface area contributed by atoms with Gasteiger partial charge in [0, 0.05) is 5.41 Å². The predicted octanol–water partition coefficient (Wildman–Crippen LogP) is 1.30. The maximum absolute atomic E-state index is 11.2. The molecule has 0 radical (unpaired) electrons. The Kier molecular flexibility index (Phi) is 5.81. The molecule has 0 saturated carbocycles. The number of amidine groups is 1. The molecule has 0 bridgehead atoms. The summed E-state index contributed by atoms with van der Waals surface area (Å²) in [7, 11) is -3.09. The molecular weight excluding hydrogens is 208 g/mol. The van der Waals surface area contributed by atoms with E-state index in [1.807, 2.05) is 6.92 Å². The molecule has 0 unspecified atom stereocenters. The smallest absolute Gasteiger partial charge is 0.172 e. The van der Waals surface area contributed by atoms with Crippen molar-refractivity contribution in [3.63, 3.8) is 0 Å². The third kappa shape index (κ3) is 7.86. The minimum Gasteiger partial charge on any atom is -0.378 e. The van der Waals surface area contributed by atoms with E-state index in [1.165, 1.54) is 5.41 Å². The van der Waals surface area contributed by atoms with Gasteiger partial charge in [-0.3, -0.25) is 5.41 Å². The first kappa shape index (κ1) is 12.5. The minimum absolute atomic E-state index is 0.109. The number of thioether (sulfide) groups is 1. The van der Waals surface area contributed by atoms with E-state index in [2.05, 4.69) is 0 Å². The Hall–Kier alpha value is -0.490. The summed E-state index contributed by atoms with van der Waals surface area (Å²) in [6.07, 6.45) is 1.52. The molecule has 0 aromatic heterocycles. The van der Waals surface area contributed by atoms with Crippen molar-refractivity contribution in [2.75, 3.05) is 5.75 Å². The summed E-state index contributed by atoms with van der Waals surface area (Å²) < 4.78 is 22.3. The summed E-state index contributed by atoms with van der Waals surface area (Å²) >= 11 is 0.893. The lowest BCUT2D eigenvalue weighted by molar-refractivity contribution is 0.601. The zero-order valence-corrected chi connectivity index (χ0v) is 9.12. The van der Waals surface area contributed by atoms with Gasteiger partial charge in [-0.1, -0.05) is 25.1 Å². The van der Waals surface area contributed by atoms with Gasteiger partial charge in [-0.25, -0.2) is 8.42 Å². The van der Waals surface area contributed by atoms with Crippen LogP contribution in [0, 0.1) is 5.41 Å². The normalized spacial score (nSPS) is 12.1. The number of unbranched alkanes of at least 4 members (excludes halogenated alkanes) is 1. The number of sulfone groups is 1. The lowest BCUT2D eigenvalue weighted by atomic mass is 10.4. The van der Waals surface area contributed by atoms with Crippen molar-refractivity contribution in [1.82, 2.24) is 0 Å². The van der Waals surface area contributed by atoms with Crippen LogP contribution in [-0.4, -0.2) is 19.3 Å². The van der Waals surface area contributed by atoms with Crippen molar-refractivity contribution < 1.29 is 8.42 Å². The first-order chi connectivity index (χ1) is 5.98. The third-order valence-electron chi connectivity index (χ3n) is 1.24. The molecule has 3 N–H and O–H groups in total. The average Bonchev–Trinajstić information content (AvgIpc) is 2.00. The van der Waals surface area contributed by atoms with Crippen molar-refractivity contribution in [2.24, 2.45) is 5.73 Å². The molecule has 0 amide bonds. The maximum Gasteiger partial charge on any atom is 0.172 e. The van der Waals surface area contributed by atoms with Crippen molar-refractivity contribution >= 4 is 26.8 Å². The van der Waals surface area contributed by atoms with Crippen LogP contribution < -0.4 is 5.73 Å². The highest BCUT2D eigenvalue weighted by Crippen LogP contribution is 2.05. The van der Waals surface area contributed by atoms with Gasteiger partial charge >= 0.3 is 0 Å². The summed E-state index contributed by atoms with van der Waals surface area (Å²) in [4.78, 5) is 0. The molecule has 0 saturated heterocycles. The van der Waals surface area contributed by atoms with Gasteiger partial charge in [0.05, 0.1) is 5.75 Å². The van der Waals surface area contributed by atoms with Crippen LogP contribution in [0.5, 0.6) is 0 Å². The Bertz CT molecular complexity index is 283. The van der Waals surface area contributed by atoms with Gasteiger partial charge in [-0.2, -0.15) is 0 Å². The highest BCUT2D eigenvalue weighted by Gasteiger charge is 2.03. The van der Waals surface area contributed by atoms with E-state index in [-0.39, 0.29) is 10.9 Å². The molecular formula is C7H14N2O2S2. The monoisotopic (exact) mass is 222 g/mol. The number of nitrogens with one attached hydrogen (secondary N) is 1. The van der Waals surface area contributed by atoms with Crippen molar-refractivity contribution in [2.45, 2.75) is 19.8 Å². The summed E-state index contributed by atoms with van der Waals surface area (Å²) in [6, 6.07) is 0. The maximum atomic E-state index is 11.2. The fourth-order valence-corrected chi connectivity index (χ4v) is 2.47. The topological polar surface area (TPSA) is 84.0 Å². The van der Waals surface area contributed by atoms with Gasteiger partial charge in [-0.05, 0) is 11.8 Å². The molecule has 0 fully saturated rings. The van der Waals surface area contributed by atoms with E-state index in [4.69, 9.17) is 11.1 Å². The largest absolute Gasteiger partial charge is 0.378 e. The molecule has 4 nitrogen and oxygen atoms in total. The Balaban J connectivity index is 4.02. The Morgan fingerprint density at radius 3 is 2.69 bits per heavy atom. The average molecular weight is 222 g/mol. The van der Waals surface area contributed by atoms with Crippen molar-refractivity contribution in [3.05, 3.63) is 10.8 Å². The second kappa shape index (κ2) is 6.04. The molecule has 0 atom stereocenters. The minimum atomic E-state index is -3.09. The van der Waals surface area contributed by atoms with E-state index < -0.39 is 9.84 Å². The van der Waals surface area contributed by atoms with E-state index in [0.717, 1.165) is 23.6 Å². The van der Waals surface area contributed by atoms with Crippen LogP contribution in [0.4, 0.5) is 0 Å². The first-order valence-corrected chi connectivity index (χ1v) is 6.47. The molecule has 0 heterocycles. The summed E-state index contributed by atoms with van der Waals surface area (Å²) in [5.41, 5.74) is 5.02. The summed E-state index contributed by atoms with van der Waals surface area (Å²) in [5.74, 6) is 0.165. The fourth-order valence-electron chi connectivity index (χ4n) is 0.599. The van der Waals surface area contributed by atoms with Crippen molar-refractivity contribution in [1.29, 1.82) is 5.41 Å². The number of hydrogen-bond donors (Lipinski definition) is 2. The lowest BCUT2D eigenvalue weighted by Gasteiger charge is -1.95. The number of rotatable bonds is 5. The Labute approximate surface area is 83.0 Å². The van der Waals surface area contributed by atoms with Gasteiger partial charge in [0.25, 0.3) is 0 Å². The van der Waals surface area contributed by atoms with E-state index in [9.17, 15) is 8.42 Å². The molecule has 0 aliphatic carbocycles. The van der Waals surface area contributed by atoms with E-state index in [1.54, 1.807) is 0 Å². The van der Waals surface area contributed by atoms with Gasteiger partial charge in [0.15, 0.2) is 15.0 Å². The van der Waals surface area contributed by atoms with Gasteiger partial charge in [-0.15, -0.1) is 0 Å². The second-order valence-corrected chi connectivity index (χ2v) is 5.43. The molecule has 0 aliphatic heterocycles. The Morgan fingerprint density at radius 1 is 1.62 bits per heavy atom. The standard InChI is InChI=1S/C7H14N2O2S2/c1-2-3-5-13(10,11)6-4-12-7(8)9/h4,6H,2-3,5H2,1H3,(H3,8,9).